The molecule has 0 aliphatic carbocycles. The fourth-order valence-corrected chi connectivity index (χ4v) is 0.946. The normalized spacial score (nSPS) is 11.6. The van der Waals surface area contributed by atoms with Gasteiger partial charge >= 0.3 is 0 Å². The molecule has 0 aromatic heterocycles. The van der Waals surface area contributed by atoms with E-state index in [2.05, 4.69) is 5.16 Å². The number of rotatable bonds is 2. The molecule has 0 spiro atoms. The Morgan fingerprint density at radius 2 is 2.07 bits per heavy atom. The SMILES string of the molecule is Cc1ccc(C=CC(C#N)=NO)cc1. The van der Waals surface area contributed by atoms with Crippen LogP contribution in [0.5, 0.6) is 0 Å². The summed E-state index contributed by atoms with van der Waals surface area (Å²) in [5.41, 5.74) is 2.14. The second-order valence-corrected chi connectivity index (χ2v) is 2.84. The predicted molar refractivity (Wildman–Crippen MR) is 55.0 cm³/mol. The van der Waals surface area contributed by atoms with Crippen LogP contribution in [0.1, 0.15) is 11.1 Å². The highest BCUT2D eigenvalue weighted by atomic mass is 16.4. The number of nitrogens with zero attached hydrogens (tertiary/aromatic N) is 2. The van der Waals surface area contributed by atoms with Crippen molar-refractivity contribution in [3.8, 4) is 6.07 Å². The lowest BCUT2D eigenvalue weighted by molar-refractivity contribution is 0.320. The second kappa shape index (κ2) is 4.83. The molecule has 0 amide bonds. The molecule has 0 heterocycles. The van der Waals surface area contributed by atoms with Gasteiger partial charge in [0, 0.05) is 0 Å². The van der Waals surface area contributed by atoms with Crippen LogP contribution in [0.15, 0.2) is 35.5 Å². The van der Waals surface area contributed by atoms with Crippen LogP contribution in [-0.2, 0) is 0 Å². The topological polar surface area (TPSA) is 56.4 Å². The van der Waals surface area contributed by atoms with Crippen LogP contribution in [0.3, 0.4) is 0 Å². The van der Waals surface area contributed by atoms with Gasteiger partial charge < -0.3 is 5.21 Å². The number of hydrogen-bond acceptors (Lipinski definition) is 3. The molecule has 1 rings (SSSR count). The second-order valence-electron chi connectivity index (χ2n) is 2.84. The molecule has 0 saturated carbocycles. The molecule has 1 aromatic rings. The first-order valence-electron chi connectivity index (χ1n) is 4.13. The molecule has 14 heavy (non-hydrogen) atoms. The minimum atomic E-state index is -0.00873. The summed E-state index contributed by atoms with van der Waals surface area (Å²) in [5.74, 6) is 0. The van der Waals surface area contributed by atoms with Gasteiger partial charge in [-0.3, -0.25) is 0 Å². The molecule has 0 bridgehead atoms. The highest BCUT2D eigenvalue weighted by molar-refractivity contribution is 6.08. The van der Waals surface area contributed by atoms with Gasteiger partial charge in [0.25, 0.3) is 0 Å². The van der Waals surface area contributed by atoms with E-state index in [9.17, 15) is 0 Å². The average Bonchev–Trinajstić information content (AvgIpc) is 2.22. The first kappa shape index (κ1) is 10.0. The van der Waals surface area contributed by atoms with Gasteiger partial charge in [0.2, 0.25) is 0 Å². The lowest BCUT2D eigenvalue weighted by Gasteiger charge is -1.93. The lowest BCUT2D eigenvalue weighted by Crippen LogP contribution is -1.86. The Kier molecular flexibility index (Phi) is 3.45. The van der Waals surface area contributed by atoms with Crippen molar-refractivity contribution in [3.05, 3.63) is 41.5 Å². The molecule has 0 atom stereocenters. The molecule has 0 saturated heterocycles. The highest BCUT2D eigenvalue weighted by Gasteiger charge is 1.90. The summed E-state index contributed by atoms with van der Waals surface area (Å²) in [5, 5.41) is 19.6. The van der Waals surface area contributed by atoms with Crippen molar-refractivity contribution >= 4 is 11.8 Å². The van der Waals surface area contributed by atoms with Gasteiger partial charge in [0.15, 0.2) is 5.71 Å². The summed E-state index contributed by atoms with van der Waals surface area (Å²) in [7, 11) is 0. The Morgan fingerprint density at radius 3 is 2.57 bits per heavy atom. The summed E-state index contributed by atoms with van der Waals surface area (Å²) in [6, 6.07) is 9.55. The van der Waals surface area contributed by atoms with Crippen molar-refractivity contribution < 1.29 is 5.21 Å². The van der Waals surface area contributed by atoms with Crippen LogP contribution in [0.4, 0.5) is 0 Å². The molecular formula is C11H10N2O. The molecule has 0 unspecified atom stereocenters. The van der Waals surface area contributed by atoms with Gasteiger partial charge in [0.05, 0.1) is 0 Å². The quantitative estimate of drug-likeness (QED) is 0.438. The molecule has 3 heteroatoms. The third kappa shape index (κ3) is 2.76. The Hall–Kier alpha value is -2.08. The highest BCUT2D eigenvalue weighted by Crippen LogP contribution is 2.04. The fourth-order valence-electron chi connectivity index (χ4n) is 0.946. The fraction of sp³-hybridized carbons (Fsp3) is 0.0909. The maximum absolute atomic E-state index is 8.46. The molecule has 0 fully saturated rings. The summed E-state index contributed by atoms with van der Waals surface area (Å²) in [6.45, 7) is 2.00. The van der Waals surface area contributed by atoms with Crippen LogP contribution in [-0.4, -0.2) is 10.9 Å². The number of benzene rings is 1. The van der Waals surface area contributed by atoms with Crippen molar-refractivity contribution in [1.82, 2.24) is 0 Å². The molecular weight excluding hydrogens is 176 g/mol. The standard InChI is InChI=1S/C11H10N2O/c1-9-2-4-10(5-3-9)6-7-11(8-12)13-14/h2-7,14H,1H3. The third-order valence-electron chi connectivity index (χ3n) is 1.73. The van der Waals surface area contributed by atoms with E-state index in [-0.39, 0.29) is 5.71 Å². The van der Waals surface area contributed by atoms with Gasteiger partial charge in [-0.2, -0.15) is 5.26 Å². The Bertz CT molecular complexity index is 396. The first-order chi connectivity index (χ1) is 6.76. The van der Waals surface area contributed by atoms with Crippen LogP contribution in [0.2, 0.25) is 0 Å². The van der Waals surface area contributed by atoms with Crippen LogP contribution >= 0.6 is 0 Å². The molecule has 0 aliphatic heterocycles. The summed E-state index contributed by atoms with van der Waals surface area (Å²) in [6.07, 6.45) is 3.18. The van der Waals surface area contributed by atoms with Gasteiger partial charge in [0.1, 0.15) is 6.07 Å². The van der Waals surface area contributed by atoms with Crippen LogP contribution < -0.4 is 0 Å². The number of hydrogen-bond donors (Lipinski definition) is 1. The number of oxime groups is 1. The molecule has 70 valence electrons. The van der Waals surface area contributed by atoms with Crippen molar-refractivity contribution in [2.45, 2.75) is 6.92 Å². The van der Waals surface area contributed by atoms with E-state index in [0.717, 1.165) is 5.56 Å². The van der Waals surface area contributed by atoms with Gasteiger partial charge in [-0.15, -0.1) is 0 Å². The largest absolute Gasteiger partial charge is 0.410 e. The maximum Gasteiger partial charge on any atom is 0.179 e. The van der Waals surface area contributed by atoms with E-state index in [0.29, 0.717) is 0 Å². The van der Waals surface area contributed by atoms with Crippen molar-refractivity contribution in [2.75, 3.05) is 0 Å². The summed E-state index contributed by atoms with van der Waals surface area (Å²) in [4.78, 5) is 0. The van der Waals surface area contributed by atoms with E-state index >= 15 is 0 Å². The minimum absolute atomic E-state index is 0.00873. The summed E-state index contributed by atoms with van der Waals surface area (Å²) >= 11 is 0. The van der Waals surface area contributed by atoms with Crippen molar-refractivity contribution in [3.63, 3.8) is 0 Å². The lowest BCUT2D eigenvalue weighted by atomic mass is 10.1. The van der Waals surface area contributed by atoms with Gasteiger partial charge in [-0.1, -0.05) is 41.1 Å². The van der Waals surface area contributed by atoms with Gasteiger partial charge in [-0.05, 0) is 18.6 Å². The predicted octanol–water partition coefficient (Wildman–Crippen LogP) is 2.36. The molecule has 1 aromatic carbocycles. The molecule has 0 aliphatic rings. The van der Waals surface area contributed by atoms with Gasteiger partial charge in [-0.25, -0.2) is 0 Å². The Morgan fingerprint density at radius 1 is 1.43 bits per heavy atom. The minimum Gasteiger partial charge on any atom is -0.410 e. The zero-order valence-electron chi connectivity index (χ0n) is 7.81. The number of allylic oxidation sites excluding steroid dienone is 1. The Balaban J connectivity index is 2.80. The Labute approximate surface area is 82.6 Å². The van der Waals surface area contributed by atoms with E-state index in [1.807, 2.05) is 31.2 Å². The summed E-state index contributed by atoms with van der Waals surface area (Å²) < 4.78 is 0. The molecule has 3 nitrogen and oxygen atoms in total. The molecule has 0 radical (unpaired) electrons. The first-order valence-corrected chi connectivity index (χ1v) is 4.13. The number of aryl methyl sites for hydroxylation is 1. The third-order valence-corrected chi connectivity index (χ3v) is 1.73. The average molecular weight is 186 g/mol. The smallest absolute Gasteiger partial charge is 0.179 e. The zero-order valence-corrected chi connectivity index (χ0v) is 7.81. The van der Waals surface area contributed by atoms with E-state index in [1.54, 1.807) is 12.1 Å². The van der Waals surface area contributed by atoms with Crippen molar-refractivity contribution in [2.24, 2.45) is 5.16 Å². The zero-order chi connectivity index (χ0) is 10.4. The number of nitriles is 1. The van der Waals surface area contributed by atoms with E-state index in [1.165, 1.54) is 11.6 Å². The van der Waals surface area contributed by atoms with Crippen molar-refractivity contribution in [1.29, 1.82) is 5.26 Å². The van der Waals surface area contributed by atoms with Crippen LogP contribution in [0.25, 0.3) is 6.08 Å². The van der Waals surface area contributed by atoms with E-state index < -0.39 is 0 Å². The molecule has 1 N–H and O–H groups in total. The van der Waals surface area contributed by atoms with E-state index in [4.69, 9.17) is 10.5 Å². The monoisotopic (exact) mass is 186 g/mol. The van der Waals surface area contributed by atoms with Crippen LogP contribution in [0, 0.1) is 18.3 Å². The maximum atomic E-state index is 8.46.